The predicted octanol–water partition coefficient (Wildman–Crippen LogP) is 5.59. The zero-order chi connectivity index (χ0) is 25.1. The largest absolute Gasteiger partial charge is 0.432 e. The Bertz CT molecular complexity index is 1040. The van der Waals surface area contributed by atoms with E-state index in [4.69, 9.17) is 4.74 Å². The van der Waals surface area contributed by atoms with Crippen LogP contribution in [0.15, 0.2) is 36.4 Å². The van der Waals surface area contributed by atoms with Gasteiger partial charge in [-0.3, -0.25) is 9.80 Å². The van der Waals surface area contributed by atoms with Crippen molar-refractivity contribution < 1.29 is 31.8 Å². The fourth-order valence-corrected chi connectivity index (χ4v) is 4.61. The topological polar surface area (TPSA) is 54.0 Å². The molecule has 0 saturated carbocycles. The number of carbonyl (C=O) groups is 1. The van der Waals surface area contributed by atoms with Gasteiger partial charge in [0.05, 0.1) is 24.9 Å². The van der Waals surface area contributed by atoms with Gasteiger partial charge in [0.2, 0.25) is 0 Å². The molecule has 2 aliphatic rings. The molecule has 0 atom stereocenters. The number of hydrogen-bond acceptors (Lipinski definition) is 4. The van der Waals surface area contributed by atoms with Gasteiger partial charge in [-0.25, -0.2) is 13.6 Å². The van der Waals surface area contributed by atoms with E-state index in [1.165, 1.54) is 0 Å². The minimum atomic E-state index is -3.27. The number of benzene rings is 2. The molecule has 6 nitrogen and oxygen atoms in total. The minimum absolute atomic E-state index is 0.106. The van der Waals surface area contributed by atoms with Crippen LogP contribution >= 0.6 is 0 Å². The summed E-state index contributed by atoms with van der Waals surface area (Å²) in [6, 6.07) is 8.21. The van der Waals surface area contributed by atoms with E-state index >= 15 is 0 Å². The van der Waals surface area contributed by atoms with Crippen LogP contribution in [0.3, 0.4) is 0 Å². The van der Waals surface area contributed by atoms with Crippen molar-refractivity contribution >= 4 is 17.4 Å². The molecule has 0 spiro atoms. The highest BCUT2D eigenvalue weighted by molar-refractivity contribution is 6.03. The zero-order valence-corrected chi connectivity index (χ0v) is 19.6. The standard InChI is InChI=1S/C25H29F4N3O3/c1-15(2)18-5-3-4-6-22(18)32(16-7-9-31(10-8-16)17-13-34-14-17)25(33)30-21-11-19(26)20(27)12-23(21)35-24(28)29/h3-6,11-12,15-17,24H,7-10,13-14H2,1-2H3,(H,30,33). The summed E-state index contributed by atoms with van der Waals surface area (Å²) in [5, 5.41) is 2.49. The quantitative estimate of drug-likeness (QED) is 0.509. The van der Waals surface area contributed by atoms with Gasteiger partial charge >= 0.3 is 12.6 Å². The Morgan fingerprint density at radius 3 is 2.37 bits per heavy atom. The number of halogens is 4. The van der Waals surface area contributed by atoms with Crippen LogP contribution in [0.25, 0.3) is 0 Å². The second-order valence-corrected chi connectivity index (χ2v) is 9.11. The number of nitrogens with one attached hydrogen (secondary N) is 1. The molecule has 2 amide bonds. The molecule has 2 aromatic rings. The van der Waals surface area contributed by atoms with Gasteiger partial charge in [-0.1, -0.05) is 32.0 Å². The maximum absolute atomic E-state index is 14.0. The summed E-state index contributed by atoms with van der Waals surface area (Å²) in [6.45, 7) is 3.71. The van der Waals surface area contributed by atoms with Gasteiger partial charge in [-0.15, -0.1) is 0 Å². The lowest BCUT2D eigenvalue weighted by Gasteiger charge is -2.44. The molecule has 10 heteroatoms. The Kier molecular flexibility index (Phi) is 7.81. The summed E-state index contributed by atoms with van der Waals surface area (Å²) >= 11 is 0. The van der Waals surface area contributed by atoms with Crippen molar-refractivity contribution in [2.45, 2.75) is 51.3 Å². The van der Waals surface area contributed by atoms with Gasteiger partial charge in [-0.2, -0.15) is 8.78 Å². The Hall–Kier alpha value is -2.85. The van der Waals surface area contributed by atoms with E-state index in [2.05, 4.69) is 15.0 Å². The van der Waals surface area contributed by atoms with Crippen LogP contribution in [0.1, 0.15) is 38.2 Å². The Morgan fingerprint density at radius 1 is 1.11 bits per heavy atom. The first-order chi connectivity index (χ1) is 16.7. The van der Waals surface area contributed by atoms with E-state index < -0.39 is 30.0 Å². The van der Waals surface area contributed by atoms with Crippen molar-refractivity contribution in [1.29, 1.82) is 0 Å². The molecule has 0 aliphatic carbocycles. The number of carbonyl (C=O) groups excluding carboxylic acids is 1. The van der Waals surface area contributed by atoms with Gasteiger partial charge in [0.1, 0.15) is 0 Å². The smallest absolute Gasteiger partial charge is 0.387 e. The molecule has 0 aromatic heterocycles. The van der Waals surface area contributed by atoms with Crippen molar-refractivity contribution in [3.63, 3.8) is 0 Å². The lowest BCUT2D eigenvalue weighted by molar-refractivity contribution is -0.0710. The number of hydrogen-bond donors (Lipinski definition) is 1. The average molecular weight is 496 g/mol. The SMILES string of the molecule is CC(C)c1ccccc1N(C(=O)Nc1cc(F)c(F)cc1OC(F)F)C1CCN(C2COC2)CC1. The van der Waals surface area contributed by atoms with Crippen LogP contribution in [0.2, 0.25) is 0 Å². The number of amides is 2. The molecule has 0 bridgehead atoms. The normalized spacial score (nSPS) is 17.5. The number of piperidine rings is 1. The third-order valence-corrected chi connectivity index (χ3v) is 6.52. The third kappa shape index (κ3) is 5.70. The van der Waals surface area contributed by atoms with E-state index in [1.54, 1.807) is 4.90 Å². The van der Waals surface area contributed by atoms with Gasteiger partial charge in [0, 0.05) is 37.0 Å². The average Bonchev–Trinajstić information content (AvgIpc) is 2.77. The Balaban J connectivity index is 1.64. The molecule has 0 unspecified atom stereocenters. The summed E-state index contributed by atoms with van der Waals surface area (Å²) in [4.78, 5) is 17.6. The maximum Gasteiger partial charge on any atom is 0.387 e. The summed E-state index contributed by atoms with van der Waals surface area (Å²) in [5.74, 6) is -3.18. The number of urea groups is 1. The second kappa shape index (κ2) is 10.8. The molecule has 2 fully saturated rings. The summed E-state index contributed by atoms with van der Waals surface area (Å²) in [7, 11) is 0. The molecule has 190 valence electrons. The predicted molar refractivity (Wildman–Crippen MR) is 124 cm³/mol. The first-order valence-corrected chi connectivity index (χ1v) is 11.7. The first-order valence-electron chi connectivity index (χ1n) is 11.7. The number of ether oxygens (including phenoxy) is 2. The first kappa shape index (κ1) is 25.2. The van der Waals surface area contributed by atoms with Gasteiger partial charge < -0.3 is 14.8 Å². The van der Waals surface area contributed by atoms with Crippen LogP contribution in [0.4, 0.5) is 33.7 Å². The summed E-state index contributed by atoms with van der Waals surface area (Å²) < 4.78 is 63.1. The minimum Gasteiger partial charge on any atom is -0.432 e. The lowest BCUT2D eigenvalue weighted by atomic mass is 9.96. The van der Waals surface area contributed by atoms with Crippen molar-refractivity contribution in [2.75, 3.05) is 36.5 Å². The molecule has 0 radical (unpaired) electrons. The fraction of sp³-hybridized carbons (Fsp3) is 0.480. The van der Waals surface area contributed by atoms with Crippen LogP contribution in [-0.4, -0.2) is 55.9 Å². The number of rotatable bonds is 7. The fourth-order valence-electron chi connectivity index (χ4n) is 4.61. The monoisotopic (exact) mass is 495 g/mol. The number of alkyl halides is 2. The van der Waals surface area contributed by atoms with Gasteiger partial charge in [0.25, 0.3) is 0 Å². The number of anilines is 2. The van der Waals surface area contributed by atoms with E-state index in [0.29, 0.717) is 49.9 Å². The van der Waals surface area contributed by atoms with E-state index in [-0.39, 0.29) is 17.6 Å². The molecule has 2 heterocycles. The lowest BCUT2D eigenvalue weighted by Crippen LogP contribution is -2.55. The molecular formula is C25H29F4N3O3. The van der Waals surface area contributed by atoms with Crippen LogP contribution in [-0.2, 0) is 4.74 Å². The second-order valence-electron chi connectivity index (χ2n) is 9.11. The molecule has 2 aliphatic heterocycles. The van der Waals surface area contributed by atoms with E-state index in [0.717, 1.165) is 18.7 Å². The van der Waals surface area contributed by atoms with E-state index in [1.807, 2.05) is 38.1 Å². The Morgan fingerprint density at radius 2 is 1.77 bits per heavy atom. The maximum atomic E-state index is 14.0. The summed E-state index contributed by atoms with van der Waals surface area (Å²) in [5.41, 5.74) is 1.25. The molecule has 1 N–H and O–H groups in total. The van der Waals surface area contributed by atoms with Crippen LogP contribution < -0.4 is 15.0 Å². The summed E-state index contributed by atoms with van der Waals surface area (Å²) in [6.07, 6.45) is 1.38. The molecular weight excluding hydrogens is 466 g/mol. The highest BCUT2D eigenvalue weighted by Gasteiger charge is 2.35. The highest BCUT2D eigenvalue weighted by atomic mass is 19.3. The number of likely N-dealkylation sites (tertiary alicyclic amines) is 1. The zero-order valence-electron chi connectivity index (χ0n) is 19.6. The molecule has 35 heavy (non-hydrogen) atoms. The van der Waals surface area contributed by atoms with Crippen molar-refractivity contribution in [2.24, 2.45) is 0 Å². The van der Waals surface area contributed by atoms with Crippen molar-refractivity contribution in [3.05, 3.63) is 53.6 Å². The van der Waals surface area contributed by atoms with Crippen molar-refractivity contribution in [1.82, 2.24) is 4.90 Å². The van der Waals surface area contributed by atoms with Gasteiger partial charge in [-0.05, 0) is 30.4 Å². The third-order valence-electron chi connectivity index (χ3n) is 6.52. The van der Waals surface area contributed by atoms with Crippen molar-refractivity contribution in [3.8, 4) is 5.75 Å². The molecule has 4 rings (SSSR count). The molecule has 2 aromatic carbocycles. The highest BCUT2D eigenvalue weighted by Crippen LogP contribution is 2.34. The van der Waals surface area contributed by atoms with Crippen LogP contribution in [0, 0.1) is 11.6 Å². The van der Waals surface area contributed by atoms with Crippen LogP contribution in [0.5, 0.6) is 5.75 Å². The molecule has 2 saturated heterocycles. The number of para-hydroxylation sites is 1. The Labute approximate surface area is 201 Å². The number of nitrogens with zero attached hydrogens (tertiary/aromatic N) is 2. The van der Waals surface area contributed by atoms with Gasteiger partial charge in [0.15, 0.2) is 17.4 Å². The van der Waals surface area contributed by atoms with E-state index in [9.17, 15) is 22.4 Å².